The van der Waals surface area contributed by atoms with Gasteiger partial charge in [-0.2, -0.15) is 0 Å². The average Bonchev–Trinajstić information content (AvgIpc) is 3.50. The van der Waals surface area contributed by atoms with Crippen molar-refractivity contribution < 1.29 is 23.5 Å². The van der Waals surface area contributed by atoms with Crippen LogP contribution in [0.2, 0.25) is 5.02 Å². The summed E-state index contributed by atoms with van der Waals surface area (Å²) < 4.78 is 16.5. The number of furan rings is 1. The first kappa shape index (κ1) is 21.6. The van der Waals surface area contributed by atoms with E-state index in [2.05, 4.69) is 0 Å². The van der Waals surface area contributed by atoms with Gasteiger partial charge in [-0.1, -0.05) is 41.6 Å². The molecule has 0 atom stereocenters. The molecule has 1 saturated heterocycles. The number of thioether (sulfide) groups is 1. The SMILES string of the molecule is COc1cc(C=C2SC(=S)N(Cc3ccco3)C2=O)cc(Cl)c1OC(=O)c1cccs1. The molecule has 0 radical (unpaired) electrons. The molecule has 0 saturated carbocycles. The molecule has 158 valence electrons. The Labute approximate surface area is 196 Å². The largest absolute Gasteiger partial charge is 0.493 e. The molecule has 0 spiro atoms. The maximum atomic E-state index is 12.8. The van der Waals surface area contributed by atoms with Crippen molar-refractivity contribution in [2.45, 2.75) is 6.54 Å². The summed E-state index contributed by atoms with van der Waals surface area (Å²) in [6.45, 7) is 0.261. The third kappa shape index (κ3) is 4.69. The van der Waals surface area contributed by atoms with Crippen LogP contribution in [0.25, 0.3) is 6.08 Å². The molecule has 1 aliphatic heterocycles. The topological polar surface area (TPSA) is 69.0 Å². The number of hydrogen-bond acceptors (Lipinski definition) is 8. The first-order chi connectivity index (χ1) is 15.0. The molecular formula is C21H14ClNO5S3. The van der Waals surface area contributed by atoms with Crippen LogP contribution in [0, 0.1) is 0 Å². The highest BCUT2D eigenvalue weighted by atomic mass is 35.5. The van der Waals surface area contributed by atoms with Crippen molar-refractivity contribution in [2.75, 3.05) is 7.11 Å². The van der Waals surface area contributed by atoms with Crippen LogP contribution >= 0.6 is 46.9 Å². The van der Waals surface area contributed by atoms with Gasteiger partial charge in [-0.05, 0) is 47.4 Å². The number of benzene rings is 1. The lowest BCUT2D eigenvalue weighted by atomic mass is 10.1. The minimum Gasteiger partial charge on any atom is -0.493 e. The van der Waals surface area contributed by atoms with Crippen LogP contribution in [-0.2, 0) is 11.3 Å². The van der Waals surface area contributed by atoms with Crippen LogP contribution in [0.5, 0.6) is 11.5 Å². The fourth-order valence-corrected chi connectivity index (χ4v) is 4.92. The molecule has 6 nitrogen and oxygen atoms in total. The number of thiophene rings is 1. The molecule has 0 N–H and O–H groups in total. The Balaban J connectivity index is 1.58. The van der Waals surface area contributed by atoms with Crippen LogP contribution in [0.1, 0.15) is 21.0 Å². The molecule has 10 heteroatoms. The third-order valence-electron chi connectivity index (χ3n) is 4.23. The second-order valence-electron chi connectivity index (χ2n) is 6.25. The minimum absolute atomic E-state index is 0.116. The van der Waals surface area contributed by atoms with Gasteiger partial charge in [-0.15, -0.1) is 11.3 Å². The first-order valence-electron chi connectivity index (χ1n) is 8.87. The maximum absolute atomic E-state index is 12.8. The van der Waals surface area contributed by atoms with Crippen molar-refractivity contribution in [2.24, 2.45) is 0 Å². The van der Waals surface area contributed by atoms with Crippen molar-refractivity contribution >= 4 is 69.2 Å². The Bertz CT molecular complexity index is 1170. The number of methoxy groups -OCH3 is 1. The standard InChI is InChI=1S/C21H14ClNO5S3/c1-26-15-9-12(8-14(22)18(15)28-20(25)16-5-3-7-30-16)10-17-19(24)23(21(29)31-17)11-13-4-2-6-27-13/h2-10H,11H2,1H3. The number of nitrogens with zero attached hydrogens (tertiary/aromatic N) is 1. The van der Waals surface area contributed by atoms with E-state index in [1.54, 1.807) is 54.1 Å². The van der Waals surface area contributed by atoms with E-state index in [1.807, 2.05) is 0 Å². The molecule has 1 amide bonds. The lowest BCUT2D eigenvalue weighted by Gasteiger charge is -2.12. The van der Waals surface area contributed by atoms with Gasteiger partial charge < -0.3 is 13.9 Å². The Hall–Kier alpha value is -2.59. The molecule has 3 heterocycles. The Morgan fingerprint density at radius 2 is 2.16 bits per heavy atom. The number of hydrogen-bond donors (Lipinski definition) is 0. The summed E-state index contributed by atoms with van der Waals surface area (Å²) in [5.41, 5.74) is 0.608. The number of halogens is 1. The third-order valence-corrected chi connectivity index (χ3v) is 6.74. The van der Waals surface area contributed by atoms with Crippen molar-refractivity contribution in [3.05, 3.63) is 74.2 Å². The molecule has 1 aromatic carbocycles. The van der Waals surface area contributed by atoms with E-state index in [-0.39, 0.29) is 29.0 Å². The van der Waals surface area contributed by atoms with Crippen LogP contribution in [0.15, 0.2) is 57.4 Å². The van der Waals surface area contributed by atoms with Crippen molar-refractivity contribution in [1.82, 2.24) is 4.90 Å². The number of carbonyl (C=O) groups excluding carboxylic acids is 2. The Kier molecular flexibility index (Phi) is 6.47. The highest BCUT2D eigenvalue weighted by molar-refractivity contribution is 8.26. The summed E-state index contributed by atoms with van der Waals surface area (Å²) >= 11 is 14.2. The number of thiocarbonyl (C=S) groups is 1. The van der Waals surface area contributed by atoms with Gasteiger partial charge in [-0.3, -0.25) is 9.69 Å². The van der Waals surface area contributed by atoms with Crippen LogP contribution in [-0.4, -0.2) is 28.2 Å². The highest BCUT2D eigenvalue weighted by Gasteiger charge is 2.32. The van der Waals surface area contributed by atoms with E-state index < -0.39 is 5.97 Å². The molecule has 2 aromatic heterocycles. The van der Waals surface area contributed by atoms with E-state index in [0.29, 0.717) is 25.4 Å². The van der Waals surface area contributed by atoms with Crippen molar-refractivity contribution in [1.29, 1.82) is 0 Å². The number of ether oxygens (including phenoxy) is 2. The number of rotatable bonds is 6. The van der Waals surface area contributed by atoms with Gasteiger partial charge >= 0.3 is 5.97 Å². The molecule has 3 aromatic rings. The normalized spacial score (nSPS) is 15.0. The number of carbonyl (C=O) groups is 2. The van der Waals surface area contributed by atoms with E-state index in [9.17, 15) is 9.59 Å². The minimum atomic E-state index is -0.526. The molecule has 1 fully saturated rings. The predicted molar refractivity (Wildman–Crippen MR) is 125 cm³/mol. The average molecular weight is 492 g/mol. The monoisotopic (exact) mass is 491 g/mol. The second kappa shape index (κ2) is 9.27. The van der Waals surface area contributed by atoms with Crippen molar-refractivity contribution in [3.8, 4) is 11.5 Å². The molecular weight excluding hydrogens is 478 g/mol. The lowest BCUT2D eigenvalue weighted by molar-refractivity contribution is -0.122. The Morgan fingerprint density at radius 1 is 1.32 bits per heavy atom. The van der Waals surface area contributed by atoms with Gasteiger partial charge in [0.1, 0.15) is 15.0 Å². The van der Waals surface area contributed by atoms with Gasteiger partial charge in [0.05, 0.1) is 29.8 Å². The molecule has 0 bridgehead atoms. The fourth-order valence-electron chi connectivity index (χ4n) is 2.81. The fraction of sp³-hybridized carbons (Fsp3) is 0.0952. The summed E-state index contributed by atoms with van der Waals surface area (Å²) in [5, 5.41) is 1.96. The van der Waals surface area contributed by atoms with Gasteiger partial charge in [-0.25, -0.2) is 4.79 Å². The first-order valence-corrected chi connectivity index (χ1v) is 11.4. The van der Waals surface area contributed by atoms with Crippen LogP contribution in [0.3, 0.4) is 0 Å². The summed E-state index contributed by atoms with van der Waals surface area (Å²) in [6, 6.07) is 10.2. The van der Waals surface area contributed by atoms with E-state index in [1.165, 1.54) is 35.1 Å². The smallest absolute Gasteiger partial charge is 0.353 e. The second-order valence-corrected chi connectivity index (χ2v) is 9.28. The number of esters is 1. The van der Waals surface area contributed by atoms with Crippen LogP contribution in [0.4, 0.5) is 0 Å². The number of amides is 1. The molecule has 0 aliphatic carbocycles. The highest BCUT2D eigenvalue weighted by Crippen LogP contribution is 2.39. The van der Waals surface area contributed by atoms with Crippen molar-refractivity contribution in [3.63, 3.8) is 0 Å². The van der Waals surface area contributed by atoms with Gasteiger partial charge in [0.25, 0.3) is 5.91 Å². The summed E-state index contributed by atoms with van der Waals surface area (Å²) in [4.78, 5) is 27.5. The summed E-state index contributed by atoms with van der Waals surface area (Å²) in [5.74, 6) is 0.274. The van der Waals surface area contributed by atoms with E-state index in [4.69, 9.17) is 37.7 Å². The summed E-state index contributed by atoms with van der Waals surface area (Å²) in [6.07, 6.45) is 3.21. The van der Waals surface area contributed by atoms with E-state index in [0.717, 1.165) is 0 Å². The lowest BCUT2D eigenvalue weighted by Crippen LogP contribution is -2.27. The van der Waals surface area contributed by atoms with Gasteiger partial charge in [0, 0.05) is 0 Å². The van der Waals surface area contributed by atoms with Crippen LogP contribution < -0.4 is 9.47 Å². The predicted octanol–water partition coefficient (Wildman–Crippen LogP) is 5.62. The molecule has 0 unspecified atom stereocenters. The molecule has 4 rings (SSSR count). The molecule has 1 aliphatic rings. The zero-order valence-corrected chi connectivity index (χ0v) is 19.2. The molecule has 31 heavy (non-hydrogen) atoms. The zero-order chi connectivity index (χ0) is 22.0. The maximum Gasteiger partial charge on any atom is 0.353 e. The van der Waals surface area contributed by atoms with E-state index >= 15 is 0 Å². The Morgan fingerprint density at radius 3 is 2.84 bits per heavy atom. The quantitative estimate of drug-likeness (QED) is 0.192. The zero-order valence-electron chi connectivity index (χ0n) is 16.0. The summed E-state index contributed by atoms with van der Waals surface area (Å²) in [7, 11) is 1.45. The van der Waals surface area contributed by atoms with Gasteiger partial charge in [0.15, 0.2) is 11.5 Å². The van der Waals surface area contributed by atoms with Gasteiger partial charge in [0.2, 0.25) is 0 Å².